The first kappa shape index (κ1) is 16.5. The second-order valence-electron chi connectivity index (χ2n) is 8.07. The number of allylic oxidation sites excluding steroid dienone is 6. The van der Waals surface area contributed by atoms with E-state index < -0.39 is 0 Å². The minimum absolute atomic E-state index is 0.0261. The fraction of sp³-hybridized carbons (Fsp3) is 0.667. The van der Waals surface area contributed by atoms with Crippen LogP contribution in [0.15, 0.2) is 35.1 Å². The Labute approximate surface area is 140 Å². The predicted molar refractivity (Wildman–Crippen MR) is 95.9 cm³/mol. The van der Waals surface area contributed by atoms with Gasteiger partial charge in [0.25, 0.3) is 0 Å². The molecule has 0 saturated carbocycles. The van der Waals surface area contributed by atoms with E-state index in [1.165, 1.54) is 30.4 Å². The smallest absolute Gasteiger partial charge is 0.327 e. The van der Waals surface area contributed by atoms with Crippen LogP contribution in [0.4, 0.5) is 0 Å². The van der Waals surface area contributed by atoms with Gasteiger partial charge in [-0.25, -0.2) is 0 Å². The molecule has 1 saturated heterocycles. The average molecular weight is 315 g/mol. The van der Waals surface area contributed by atoms with E-state index in [0.29, 0.717) is 17.6 Å². The van der Waals surface area contributed by atoms with Crippen LogP contribution in [0.3, 0.4) is 0 Å². The van der Waals surface area contributed by atoms with Crippen LogP contribution >= 0.6 is 0 Å². The Hall–Kier alpha value is -1.31. The van der Waals surface area contributed by atoms with Gasteiger partial charge >= 0.3 is 5.78 Å². The van der Waals surface area contributed by atoms with E-state index in [0.717, 1.165) is 25.0 Å². The molecule has 1 N–H and O–H groups in total. The third kappa shape index (κ3) is 3.18. The van der Waals surface area contributed by atoms with E-state index in [2.05, 4.69) is 39.8 Å². The maximum absolute atomic E-state index is 10.7. The molecule has 2 heteroatoms. The summed E-state index contributed by atoms with van der Waals surface area (Å²) in [5.74, 6) is 2.36. The zero-order chi connectivity index (χ0) is 16.6. The second-order valence-corrected chi connectivity index (χ2v) is 8.07. The van der Waals surface area contributed by atoms with Gasteiger partial charge in [0.15, 0.2) is 0 Å². The summed E-state index contributed by atoms with van der Waals surface area (Å²) >= 11 is 0. The van der Waals surface area contributed by atoms with Crippen molar-refractivity contribution >= 4 is 5.78 Å². The number of hydrogen-bond donors (Lipinski definition) is 0. The van der Waals surface area contributed by atoms with Gasteiger partial charge in [0.2, 0.25) is 0 Å². The molecule has 0 spiro atoms. The first-order valence-electron chi connectivity index (χ1n) is 9.26. The maximum Gasteiger partial charge on any atom is 0.327 e. The molecule has 3 aliphatic rings. The maximum atomic E-state index is 10.7. The molecule has 1 aliphatic heterocycles. The molecule has 0 bridgehead atoms. The fourth-order valence-corrected chi connectivity index (χ4v) is 4.57. The van der Waals surface area contributed by atoms with E-state index >= 15 is 0 Å². The van der Waals surface area contributed by atoms with Crippen molar-refractivity contribution in [3.8, 4) is 0 Å². The zero-order valence-corrected chi connectivity index (χ0v) is 15.1. The number of unbranched alkanes of at least 4 members (excludes halogenated alkanes) is 2. The number of ether oxygens (including phenoxy) is 1. The van der Waals surface area contributed by atoms with Crippen molar-refractivity contribution in [2.24, 2.45) is 17.8 Å². The number of ketones is 1. The van der Waals surface area contributed by atoms with Crippen LogP contribution in [0.5, 0.6) is 0 Å². The lowest BCUT2D eigenvalue weighted by molar-refractivity contribution is -0.0861. The number of fused-ring (bicyclic) bond motifs is 3. The highest BCUT2D eigenvalue weighted by Gasteiger charge is 2.52. The Kier molecular flexibility index (Phi) is 4.53. The van der Waals surface area contributed by atoms with Crippen molar-refractivity contribution in [1.29, 1.82) is 0 Å². The third-order valence-electron chi connectivity index (χ3n) is 5.81. The SMILES string of the molecule is CCCCCC1=CC(=[OH+])C2C(=C1)OC(C)(C)C1CCC(C)=CC21. The summed E-state index contributed by atoms with van der Waals surface area (Å²) in [5.41, 5.74) is 2.51. The van der Waals surface area contributed by atoms with Crippen LogP contribution in [-0.4, -0.2) is 16.2 Å². The summed E-state index contributed by atoms with van der Waals surface area (Å²) in [6, 6.07) is 0. The highest BCUT2D eigenvalue weighted by molar-refractivity contribution is 5.97. The molecular weight excluding hydrogens is 284 g/mol. The quantitative estimate of drug-likeness (QED) is 0.391. The van der Waals surface area contributed by atoms with Crippen molar-refractivity contribution in [2.75, 3.05) is 0 Å². The van der Waals surface area contributed by atoms with Gasteiger partial charge in [-0.15, -0.1) is 0 Å². The molecule has 23 heavy (non-hydrogen) atoms. The predicted octanol–water partition coefficient (Wildman–Crippen LogP) is 5.33. The van der Waals surface area contributed by atoms with Crippen molar-refractivity contribution in [3.05, 3.63) is 35.1 Å². The number of carbonyl (C=O) groups excluding carboxylic acids is 1. The van der Waals surface area contributed by atoms with Crippen LogP contribution in [0.1, 0.15) is 66.2 Å². The van der Waals surface area contributed by atoms with Crippen molar-refractivity contribution in [2.45, 2.75) is 71.8 Å². The number of hydrogen-bond acceptors (Lipinski definition) is 1. The lowest BCUT2D eigenvalue weighted by Gasteiger charge is -2.49. The summed E-state index contributed by atoms with van der Waals surface area (Å²) < 4.78 is 6.40. The molecule has 126 valence electrons. The Bertz CT molecular complexity index is 577. The molecule has 0 radical (unpaired) electrons. The molecule has 1 fully saturated rings. The second kappa shape index (κ2) is 6.30. The standard InChI is InChI=1S/C21H30O2/c1-5-6-7-8-15-12-18(22)20-16-11-14(2)9-10-17(16)21(3,4)23-19(20)13-15/h11-13,16-17,20H,5-10H2,1-4H3/p+1. The van der Waals surface area contributed by atoms with Crippen molar-refractivity contribution in [3.63, 3.8) is 0 Å². The molecule has 3 rings (SSSR count). The van der Waals surface area contributed by atoms with Gasteiger partial charge in [0.1, 0.15) is 17.3 Å². The molecule has 0 amide bonds. The van der Waals surface area contributed by atoms with E-state index in [9.17, 15) is 4.79 Å². The van der Waals surface area contributed by atoms with Gasteiger partial charge in [0.05, 0.1) is 0 Å². The Morgan fingerprint density at radius 2 is 2.04 bits per heavy atom. The van der Waals surface area contributed by atoms with E-state index in [1.807, 2.05) is 6.08 Å². The number of rotatable bonds is 4. The van der Waals surface area contributed by atoms with Gasteiger partial charge in [-0.05, 0) is 58.1 Å². The summed E-state index contributed by atoms with van der Waals surface area (Å²) in [4.78, 5) is 10.7. The van der Waals surface area contributed by atoms with Gasteiger partial charge < -0.3 is 4.74 Å². The largest absolute Gasteiger partial charge is 0.491 e. The van der Waals surface area contributed by atoms with E-state index in [1.54, 1.807) is 0 Å². The van der Waals surface area contributed by atoms with Gasteiger partial charge in [-0.2, -0.15) is 0 Å². The molecule has 2 aliphatic carbocycles. The van der Waals surface area contributed by atoms with Gasteiger partial charge in [-0.1, -0.05) is 31.4 Å². The molecule has 0 aromatic heterocycles. The van der Waals surface area contributed by atoms with Crippen LogP contribution in [-0.2, 0) is 4.74 Å². The van der Waals surface area contributed by atoms with E-state index in [-0.39, 0.29) is 11.5 Å². The van der Waals surface area contributed by atoms with E-state index in [4.69, 9.17) is 4.74 Å². The topological polar surface area (TPSA) is 30.6 Å². The molecule has 3 atom stereocenters. The molecule has 0 aromatic rings. The molecule has 3 unspecified atom stereocenters. The molecule has 1 heterocycles. The Morgan fingerprint density at radius 1 is 1.26 bits per heavy atom. The lowest BCUT2D eigenvalue weighted by Crippen LogP contribution is -2.50. The minimum atomic E-state index is -0.156. The molecule has 2 nitrogen and oxygen atoms in total. The zero-order valence-electron chi connectivity index (χ0n) is 15.1. The average Bonchev–Trinajstić information content (AvgIpc) is 2.46. The summed E-state index contributed by atoms with van der Waals surface area (Å²) in [6.07, 6.45) is 13.6. The monoisotopic (exact) mass is 315 g/mol. The molecule has 0 aromatic carbocycles. The third-order valence-corrected chi connectivity index (χ3v) is 5.81. The molecular formula is C21H31O2+. The highest BCUT2D eigenvalue weighted by Crippen LogP contribution is 2.50. The first-order chi connectivity index (χ1) is 10.9. The van der Waals surface area contributed by atoms with Crippen molar-refractivity contribution in [1.82, 2.24) is 0 Å². The van der Waals surface area contributed by atoms with Gasteiger partial charge in [0, 0.05) is 17.9 Å². The highest BCUT2D eigenvalue weighted by atomic mass is 16.5. The van der Waals surface area contributed by atoms with Gasteiger partial charge in [-0.3, -0.25) is 4.79 Å². The minimum Gasteiger partial charge on any atom is -0.491 e. The normalized spacial score (nSPS) is 32.1. The Balaban J connectivity index is 1.88. The summed E-state index contributed by atoms with van der Waals surface area (Å²) in [7, 11) is 0. The van der Waals surface area contributed by atoms with Crippen molar-refractivity contribution < 1.29 is 9.53 Å². The first-order valence-corrected chi connectivity index (χ1v) is 9.26. The summed E-state index contributed by atoms with van der Waals surface area (Å²) in [5, 5.41) is 0. The van der Waals surface area contributed by atoms with Crippen LogP contribution in [0.25, 0.3) is 0 Å². The lowest BCUT2D eigenvalue weighted by atomic mass is 9.63. The van der Waals surface area contributed by atoms with Crippen LogP contribution in [0, 0.1) is 17.8 Å². The Morgan fingerprint density at radius 3 is 2.78 bits per heavy atom. The fourth-order valence-electron chi connectivity index (χ4n) is 4.57. The van der Waals surface area contributed by atoms with Crippen LogP contribution < -0.4 is 0 Å². The van der Waals surface area contributed by atoms with Crippen LogP contribution in [0.2, 0.25) is 0 Å². The summed E-state index contributed by atoms with van der Waals surface area (Å²) in [6.45, 7) is 8.86.